The number of benzene rings is 1. The van der Waals surface area contributed by atoms with Crippen molar-refractivity contribution in [2.24, 2.45) is 0 Å². The van der Waals surface area contributed by atoms with Gasteiger partial charge in [0.05, 0.1) is 19.0 Å². The van der Waals surface area contributed by atoms with Gasteiger partial charge in [-0.15, -0.1) is 0 Å². The lowest BCUT2D eigenvalue weighted by atomic mass is 10.2. The van der Waals surface area contributed by atoms with Crippen LogP contribution in [0.25, 0.3) is 6.08 Å². The third-order valence-electron chi connectivity index (χ3n) is 3.21. The predicted molar refractivity (Wildman–Crippen MR) is 97.6 cm³/mol. The van der Waals surface area contributed by atoms with Gasteiger partial charge in [0.2, 0.25) is 0 Å². The van der Waals surface area contributed by atoms with Crippen LogP contribution in [0.1, 0.15) is 42.5 Å². The second kappa shape index (κ2) is 7.79. The maximum absolute atomic E-state index is 12.4. The van der Waals surface area contributed by atoms with Crippen LogP contribution >= 0.6 is 0 Å². The maximum atomic E-state index is 12.4. The van der Waals surface area contributed by atoms with Crippen LogP contribution in [0.4, 0.5) is 5.82 Å². The monoisotopic (exact) mass is 341 g/mol. The van der Waals surface area contributed by atoms with Gasteiger partial charge in [-0.25, -0.2) is 14.8 Å². The van der Waals surface area contributed by atoms with E-state index < -0.39 is 11.6 Å². The number of ether oxygens (including phenoxy) is 2. The van der Waals surface area contributed by atoms with Crippen LogP contribution in [0.15, 0.2) is 37.0 Å². The molecule has 1 aromatic carbocycles. The Balaban J connectivity index is 2.21. The van der Waals surface area contributed by atoms with Gasteiger partial charge in [0.15, 0.2) is 11.5 Å². The van der Waals surface area contributed by atoms with E-state index in [4.69, 9.17) is 9.47 Å². The SMILES string of the molecule is C=Cc1cnc(C(=O)OC(C)(C)C)c(NCc2ccc(OC)cc2)n1. The zero-order chi connectivity index (χ0) is 18.4. The minimum atomic E-state index is -0.608. The molecule has 1 heterocycles. The summed E-state index contributed by atoms with van der Waals surface area (Å²) in [7, 11) is 1.62. The zero-order valence-electron chi connectivity index (χ0n) is 15.0. The first-order chi connectivity index (χ1) is 11.8. The van der Waals surface area contributed by atoms with Crippen molar-refractivity contribution >= 4 is 17.9 Å². The highest BCUT2D eigenvalue weighted by molar-refractivity contribution is 5.92. The number of aromatic nitrogens is 2. The smallest absolute Gasteiger partial charge is 0.361 e. The number of hydrogen-bond acceptors (Lipinski definition) is 6. The molecule has 0 saturated heterocycles. The summed E-state index contributed by atoms with van der Waals surface area (Å²) < 4.78 is 10.5. The summed E-state index contributed by atoms with van der Waals surface area (Å²) in [5, 5.41) is 3.15. The Morgan fingerprint density at radius 1 is 1.28 bits per heavy atom. The van der Waals surface area contributed by atoms with E-state index in [2.05, 4.69) is 21.9 Å². The molecule has 0 fully saturated rings. The Morgan fingerprint density at radius 3 is 2.52 bits per heavy atom. The lowest BCUT2D eigenvalue weighted by molar-refractivity contribution is 0.00636. The largest absolute Gasteiger partial charge is 0.497 e. The van der Waals surface area contributed by atoms with E-state index >= 15 is 0 Å². The molecule has 0 amide bonds. The van der Waals surface area contributed by atoms with Crippen LogP contribution in [0.2, 0.25) is 0 Å². The molecular formula is C19H23N3O3. The summed E-state index contributed by atoms with van der Waals surface area (Å²) in [6, 6.07) is 7.61. The van der Waals surface area contributed by atoms with Crippen LogP contribution < -0.4 is 10.1 Å². The molecule has 132 valence electrons. The van der Waals surface area contributed by atoms with Gasteiger partial charge in [-0.1, -0.05) is 18.7 Å². The Hall–Kier alpha value is -2.89. The topological polar surface area (TPSA) is 73.3 Å². The number of anilines is 1. The highest BCUT2D eigenvalue weighted by Crippen LogP contribution is 2.18. The first-order valence-corrected chi connectivity index (χ1v) is 7.92. The van der Waals surface area contributed by atoms with Crippen molar-refractivity contribution in [3.8, 4) is 5.75 Å². The van der Waals surface area contributed by atoms with Crippen molar-refractivity contribution in [2.75, 3.05) is 12.4 Å². The summed E-state index contributed by atoms with van der Waals surface area (Å²) >= 11 is 0. The first kappa shape index (κ1) is 18.4. The van der Waals surface area contributed by atoms with Crippen molar-refractivity contribution in [3.05, 3.63) is 54.0 Å². The minimum Gasteiger partial charge on any atom is -0.497 e. The molecule has 2 aromatic rings. The van der Waals surface area contributed by atoms with Gasteiger partial charge >= 0.3 is 5.97 Å². The van der Waals surface area contributed by atoms with E-state index in [-0.39, 0.29) is 5.69 Å². The average molecular weight is 341 g/mol. The normalized spacial score (nSPS) is 10.9. The van der Waals surface area contributed by atoms with Crippen molar-refractivity contribution in [1.29, 1.82) is 0 Å². The number of esters is 1. The molecule has 1 N–H and O–H groups in total. The van der Waals surface area contributed by atoms with Gasteiger partial charge in [-0.3, -0.25) is 0 Å². The van der Waals surface area contributed by atoms with Gasteiger partial charge in [-0.2, -0.15) is 0 Å². The van der Waals surface area contributed by atoms with Gasteiger partial charge in [0.25, 0.3) is 0 Å². The van der Waals surface area contributed by atoms with Crippen molar-refractivity contribution in [3.63, 3.8) is 0 Å². The average Bonchev–Trinajstić information content (AvgIpc) is 2.58. The van der Waals surface area contributed by atoms with Gasteiger partial charge < -0.3 is 14.8 Å². The second-order valence-corrected chi connectivity index (χ2v) is 6.40. The fourth-order valence-electron chi connectivity index (χ4n) is 2.03. The van der Waals surface area contributed by atoms with E-state index in [1.807, 2.05) is 24.3 Å². The fraction of sp³-hybridized carbons (Fsp3) is 0.316. The molecule has 2 rings (SSSR count). The van der Waals surface area contributed by atoms with Crippen molar-refractivity contribution in [1.82, 2.24) is 9.97 Å². The number of carbonyl (C=O) groups excluding carboxylic acids is 1. The molecule has 6 nitrogen and oxygen atoms in total. The van der Waals surface area contributed by atoms with Crippen molar-refractivity contribution in [2.45, 2.75) is 32.9 Å². The Kier molecular flexibility index (Phi) is 5.75. The van der Waals surface area contributed by atoms with E-state index in [0.29, 0.717) is 18.1 Å². The summed E-state index contributed by atoms with van der Waals surface area (Å²) in [5.41, 5.74) is 1.13. The third kappa shape index (κ3) is 5.31. The highest BCUT2D eigenvalue weighted by Gasteiger charge is 2.22. The number of rotatable bonds is 6. The number of hydrogen-bond donors (Lipinski definition) is 1. The van der Waals surface area contributed by atoms with Gasteiger partial charge in [0, 0.05) is 6.54 Å². The predicted octanol–water partition coefficient (Wildman–Crippen LogP) is 3.70. The Labute approximate surface area is 147 Å². The van der Waals surface area contributed by atoms with E-state index in [0.717, 1.165) is 11.3 Å². The number of nitrogens with zero attached hydrogens (tertiary/aromatic N) is 2. The van der Waals surface area contributed by atoms with E-state index in [1.165, 1.54) is 6.20 Å². The molecule has 0 unspecified atom stereocenters. The summed E-state index contributed by atoms with van der Waals surface area (Å²) in [6.07, 6.45) is 3.06. The maximum Gasteiger partial charge on any atom is 0.361 e. The van der Waals surface area contributed by atoms with Crippen LogP contribution in [0, 0.1) is 0 Å². The summed E-state index contributed by atoms with van der Waals surface area (Å²) in [5.74, 6) is 0.627. The van der Waals surface area contributed by atoms with Crippen LogP contribution in [-0.4, -0.2) is 28.6 Å². The summed E-state index contributed by atoms with van der Waals surface area (Å²) in [4.78, 5) is 20.9. The molecule has 0 aliphatic rings. The van der Waals surface area contributed by atoms with Gasteiger partial charge in [-0.05, 0) is 44.5 Å². The molecule has 0 radical (unpaired) electrons. The Morgan fingerprint density at radius 2 is 1.96 bits per heavy atom. The molecule has 0 atom stereocenters. The Bertz CT molecular complexity index is 749. The molecule has 6 heteroatoms. The molecule has 1 aromatic heterocycles. The van der Waals surface area contributed by atoms with Crippen molar-refractivity contribution < 1.29 is 14.3 Å². The van der Waals surface area contributed by atoms with E-state index in [9.17, 15) is 4.79 Å². The molecule has 0 aliphatic heterocycles. The quantitative estimate of drug-likeness (QED) is 0.808. The molecule has 0 bridgehead atoms. The molecule has 0 saturated carbocycles. The minimum absolute atomic E-state index is 0.147. The molecule has 0 spiro atoms. The molecule has 25 heavy (non-hydrogen) atoms. The van der Waals surface area contributed by atoms with E-state index in [1.54, 1.807) is 34.0 Å². The first-order valence-electron chi connectivity index (χ1n) is 7.92. The van der Waals surface area contributed by atoms with Gasteiger partial charge in [0.1, 0.15) is 11.4 Å². The lowest BCUT2D eigenvalue weighted by Gasteiger charge is -2.20. The summed E-state index contributed by atoms with van der Waals surface area (Å²) in [6.45, 7) is 9.58. The fourth-order valence-corrected chi connectivity index (χ4v) is 2.03. The third-order valence-corrected chi connectivity index (χ3v) is 3.21. The zero-order valence-corrected chi connectivity index (χ0v) is 15.0. The number of carbonyl (C=O) groups is 1. The highest BCUT2D eigenvalue weighted by atomic mass is 16.6. The number of nitrogens with one attached hydrogen (secondary N) is 1. The molecule has 0 aliphatic carbocycles. The van der Waals surface area contributed by atoms with Crippen LogP contribution in [0.3, 0.4) is 0 Å². The second-order valence-electron chi connectivity index (χ2n) is 6.40. The number of methoxy groups -OCH3 is 1. The van der Waals surface area contributed by atoms with Crippen LogP contribution in [-0.2, 0) is 11.3 Å². The van der Waals surface area contributed by atoms with Crippen LogP contribution in [0.5, 0.6) is 5.75 Å². The molecular weight excluding hydrogens is 318 g/mol. The lowest BCUT2D eigenvalue weighted by Crippen LogP contribution is -2.25. The standard InChI is InChI=1S/C19H23N3O3/c1-6-14-12-20-16(18(23)25-19(2,3)4)17(22-14)21-11-13-7-9-15(24-5)10-8-13/h6-10,12H,1,11H2,2-5H3,(H,21,22).